The van der Waals surface area contributed by atoms with Gasteiger partial charge in [-0.1, -0.05) is 0 Å². The van der Waals surface area contributed by atoms with Crippen molar-refractivity contribution in [3.05, 3.63) is 28.2 Å². The van der Waals surface area contributed by atoms with Crippen molar-refractivity contribution < 1.29 is 9.53 Å². The van der Waals surface area contributed by atoms with Crippen molar-refractivity contribution in [2.45, 2.75) is 31.8 Å². The summed E-state index contributed by atoms with van der Waals surface area (Å²) in [7, 11) is 0. The number of carbonyl (C=O) groups excluding carboxylic acids is 1. The third kappa shape index (κ3) is 3.85. The lowest BCUT2D eigenvalue weighted by Crippen LogP contribution is -2.27. The molecule has 3 rings (SSSR count). The number of hydrogen-bond acceptors (Lipinski definition) is 6. The number of aromatic nitrogens is 4. The summed E-state index contributed by atoms with van der Waals surface area (Å²) in [4.78, 5) is 20.2. The number of H-pyrrole nitrogens is 1. The lowest BCUT2D eigenvalue weighted by atomic mass is 10.2. The highest BCUT2D eigenvalue weighted by atomic mass is 32.1. The first-order valence-electron chi connectivity index (χ1n) is 6.98. The largest absolute Gasteiger partial charge is 0.370 e. The van der Waals surface area contributed by atoms with Gasteiger partial charge in [0.25, 0.3) is 0 Å². The molecule has 1 atom stereocenters. The minimum Gasteiger partial charge on any atom is -0.370 e. The van der Waals surface area contributed by atoms with Crippen molar-refractivity contribution in [2.75, 3.05) is 13.2 Å². The molecule has 3 heterocycles. The fourth-order valence-electron chi connectivity index (χ4n) is 2.22. The minimum absolute atomic E-state index is 0.0225. The second-order valence-corrected chi connectivity index (χ2v) is 5.62. The molecule has 0 aromatic carbocycles. The van der Waals surface area contributed by atoms with Crippen LogP contribution in [0.2, 0.25) is 0 Å². The number of nitrogens with one attached hydrogen (secondary N) is 2. The van der Waals surface area contributed by atoms with Crippen LogP contribution in [0.5, 0.6) is 0 Å². The smallest absolute Gasteiger partial charge is 0.226 e. The molecule has 1 aliphatic heterocycles. The molecule has 2 N–H and O–H groups in total. The zero-order chi connectivity index (χ0) is 14.5. The molecule has 0 spiro atoms. The number of hydrogen-bond donors (Lipinski definition) is 2. The monoisotopic (exact) mass is 307 g/mol. The normalized spacial score (nSPS) is 18.0. The summed E-state index contributed by atoms with van der Waals surface area (Å²) in [5, 5.41) is 11.8. The third-order valence-electron chi connectivity index (χ3n) is 3.28. The predicted octanol–water partition coefficient (Wildman–Crippen LogP) is 1.01. The fourth-order valence-corrected chi connectivity index (χ4v) is 2.78. The van der Waals surface area contributed by atoms with Gasteiger partial charge >= 0.3 is 0 Å². The van der Waals surface area contributed by atoms with Crippen LogP contribution >= 0.6 is 11.3 Å². The SMILES string of the molecule is O=C(Cc1cscn1)NCCc1nc(C2CCCO2)n[nH]1. The number of thiazole rings is 1. The van der Waals surface area contributed by atoms with E-state index < -0.39 is 0 Å². The number of amides is 1. The number of rotatable bonds is 6. The number of aromatic amines is 1. The van der Waals surface area contributed by atoms with Crippen molar-refractivity contribution in [3.8, 4) is 0 Å². The second kappa shape index (κ2) is 6.77. The van der Waals surface area contributed by atoms with Gasteiger partial charge in [-0.3, -0.25) is 9.89 Å². The highest BCUT2D eigenvalue weighted by molar-refractivity contribution is 7.07. The van der Waals surface area contributed by atoms with Gasteiger partial charge in [-0.25, -0.2) is 9.97 Å². The molecule has 0 bridgehead atoms. The van der Waals surface area contributed by atoms with Gasteiger partial charge in [0.05, 0.1) is 17.6 Å². The quantitative estimate of drug-likeness (QED) is 0.831. The van der Waals surface area contributed by atoms with E-state index in [-0.39, 0.29) is 12.0 Å². The third-order valence-corrected chi connectivity index (χ3v) is 3.91. The maximum absolute atomic E-state index is 11.7. The summed E-state index contributed by atoms with van der Waals surface area (Å²) in [5.41, 5.74) is 2.53. The Morgan fingerprint density at radius 3 is 3.29 bits per heavy atom. The van der Waals surface area contributed by atoms with E-state index in [2.05, 4.69) is 25.5 Å². The Morgan fingerprint density at radius 1 is 1.57 bits per heavy atom. The van der Waals surface area contributed by atoms with Crippen molar-refractivity contribution in [2.24, 2.45) is 0 Å². The summed E-state index contributed by atoms with van der Waals surface area (Å²) in [6.07, 6.45) is 3.00. The van der Waals surface area contributed by atoms with Gasteiger partial charge in [0.1, 0.15) is 11.9 Å². The van der Waals surface area contributed by atoms with Crippen molar-refractivity contribution in [3.63, 3.8) is 0 Å². The van der Waals surface area contributed by atoms with Crippen LogP contribution in [-0.4, -0.2) is 39.2 Å². The van der Waals surface area contributed by atoms with E-state index in [4.69, 9.17) is 4.74 Å². The summed E-state index contributed by atoms with van der Waals surface area (Å²) < 4.78 is 5.53. The zero-order valence-electron chi connectivity index (χ0n) is 11.5. The van der Waals surface area contributed by atoms with E-state index >= 15 is 0 Å². The van der Waals surface area contributed by atoms with Crippen LogP contribution < -0.4 is 5.32 Å². The maximum atomic E-state index is 11.7. The molecule has 0 aliphatic carbocycles. The maximum Gasteiger partial charge on any atom is 0.226 e. The lowest BCUT2D eigenvalue weighted by molar-refractivity contribution is -0.120. The molecule has 21 heavy (non-hydrogen) atoms. The van der Waals surface area contributed by atoms with Gasteiger partial charge in [0.15, 0.2) is 5.82 Å². The van der Waals surface area contributed by atoms with Crippen LogP contribution in [-0.2, 0) is 22.4 Å². The Morgan fingerprint density at radius 2 is 2.52 bits per heavy atom. The highest BCUT2D eigenvalue weighted by Crippen LogP contribution is 2.25. The molecule has 1 unspecified atom stereocenters. The molecular formula is C13H17N5O2S. The average molecular weight is 307 g/mol. The van der Waals surface area contributed by atoms with Crippen LogP contribution in [0.1, 0.15) is 36.3 Å². The lowest BCUT2D eigenvalue weighted by Gasteiger charge is -2.03. The molecule has 112 valence electrons. The van der Waals surface area contributed by atoms with E-state index in [1.807, 2.05) is 5.38 Å². The zero-order valence-corrected chi connectivity index (χ0v) is 12.4. The van der Waals surface area contributed by atoms with E-state index in [1.54, 1.807) is 5.51 Å². The van der Waals surface area contributed by atoms with Gasteiger partial charge in [-0.2, -0.15) is 5.10 Å². The standard InChI is InChI=1S/C13H17N5O2S/c19-12(6-9-7-21-8-15-9)14-4-3-11-16-13(18-17-11)10-2-1-5-20-10/h7-8,10H,1-6H2,(H,14,19)(H,16,17,18). The Bertz CT molecular complexity index is 577. The first-order valence-corrected chi connectivity index (χ1v) is 7.92. The summed E-state index contributed by atoms with van der Waals surface area (Å²) >= 11 is 1.49. The molecule has 2 aromatic heterocycles. The first kappa shape index (κ1) is 14.2. The molecule has 1 fully saturated rings. The summed E-state index contributed by atoms with van der Waals surface area (Å²) in [6.45, 7) is 1.31. The van der Waals surface area contributed by atoms with Gasteiger partial charge in [0.2, 0.25) is 5.91 Å². The molecule has 8 heteroatoms. The van der Waals surface area contributed by atoms with Crippen LogP contribution in [0.4, 0.5) is 0 Å². The predicted molar refractivity (Wildman–Crippen MR) is 76.8 cm³/mol. The van der Waals surface area contributed by atoms with Gasteiger partial charge in [-0.15, -0.1) is 11.3 Å². The van der Waals surface area contributed by atoms with E-state index in [1.165, 1.54) is 11.3 Å². The fraction of sp³-hybridized carbons (Fsp3) is 0.538. The van der Waals surface area contributed by atoms with Gasteiger partial charge < -0.3 is 10.1 Å². The van der Waals surface area contributed by atoms with Gasteiger partial charge in [-0.05, 0) is 12.8 Å². The summed E-state index contributed by atoms with van der Waals surface area (Å²) in [6, 6.07) is 0. The first-order chi connectivity index (χ1) is 10.3. The topological polar surface area (TPSA) is 92.8 Å². The molecule has 7 nitrogen and oxygen atoms in total. The summed E-state index contributed by atoms with van der Waals surface area (Å²) in [5.74, 6) is 1.46. The van der Waals surface area contributed by atoms with E-state index in [0.29, 0.717) is 19.4 Å². The molecule has 2 aromatic rings. The van der Waals surface area contributed by atoms with E-state index in [0.717, 1.165) is 36.8 Å². The van der Waals surface area contributed by atoms with E-state index in [9.17, 15) is 4.79 Å². The Balaban J connectivity index is 1.41. The molecule has 1 aliphatic rings. The molecule has 1 saturated heterocycles. The van der Waals surface area contributed by atoms with Gasteiger partial charge in [0, 0.05) is 25.0 Å². The molecule has 0 saturated carbocycles. The van der Waals surface area contributed by atoms with Crippen LogP contribution in [0.3, 0.4) is 0 Å². The number of carbonyl (C=O) groups is 1. The molecular weight excluding hydrogens is 290 g/mol. The van der Waals surface area contributed by atoms with Crippen molar-refractivity contribution in [1.82, 2.24) is 25.5 Å². The van der Waals surface area contributed by atoms with Crippen LogP contribution in [0.15, 0.2) is 10.9 Å². The van der Waals surface area contributed by atoms with Crippen molar-refractivity contribution in [1.29, 1.82) is 0 Å². The molecule has 1 amide bonds. The minimum atomic E-state index is -0.0280. The number of nitrogens with zero attached hydrogens (tertiary/aromatic N) is 3. The Labute approximate surface area is 126 Å². The van der Waals surface area contributed by atoms with Crippen molar-refractivity contribution >= 4 is 17.2 Å². The Kier molecular flexibility index (Phi) is 4.56. The average Bonchev–Trinajstić information content (AvgIpc) is 3.21. The second-order valence-electron chi connectivity index (χ2n) is 4.90. The highest BCUT2D eigenvalue weighted by Gasteiger charge is 2.21. The molecule has 0 radical (unpaired) electrons. The van der Waals surface area contributed by atoms with Crippen LogP contribution in [0.25, 0.3) is 0 Å². The number of ether oxygens (including phenoxy) is 1. The van der Waals surface area contributed by atoms with Crippen LogP contribution in [0, 0.1) is 0 Å². The Hall–Kier alpha value is -1.80.